The third kappa shape index (κ3) is 2.17. The molecule has 7 heteroatoms. The van der Waals surface area contributed by atoms with Crippen molar-refractivity contribution in [3.8, 4) is 11.5 Å². The van der Waals surface area contributed by atoms with Crippen LogP contribution < -0.4 is 4.74 Å². The molecule has 0 aromatic heterocycles. The van der Waals surface area contributed by atoms with Gasteiger partial charge in [0, 0.05) is 24.6 Å². The molecule has 1 aromatic carbocycles. The van der Waals surface area contributed by atoms with Gasteiger partial charge in [-0.05, 0) is 24.6 Å². The van der Waals surface area contributed by atoms with Crippen LogP contribution in [0.5, 0.6) is 11.5 Å². The van der Waals surface area contributed by atoms with Crippen molar-refractivity contribution in [1.29, 1.82) is 0 Å². The van der Waals surface area contributed by atoms with Crippen LogP contribution in [0.3, 0.4) is 0 Å². The second kappa shape index (κ2) is 5.23. The van der Waals surface area contributed by atoms with Crippen LogP contribution in [0.4, 0.5) is 0 Å². The molecule has 0 saturated heterocycles. The number of hydrogen-bond acceptors (Lipinski definition) is 7. The van der Waals surface area contributed by atoms with Gasteiger partial charge in [-0.1, -0.05) is 0 Å². The summed E-state index contributed by atoms with van der Waals surface area (Å²) in [7, 11) is 1.42. The quantitative estimate of drug-likeness (QED) is 0.825. The average Bonchev–Trinajstić information content (AvgIpc) is 2.78. The lowest BCUT2D eigenvalue weighted by Gasteiger charge is -2.30. The van der Waals surface area contributed by atoms with Crippen LogP contribution in [-0.4, -0.2) is 29.9 Å². The maximum Gasteiger partial charge on any atom is 0.343 e. The van der Waals surface area contributed by atoms with Crippen LogP contribution in [0, 0.1) is 0 Å². The summed E-state index contributed by atoms with van der Waals surface area (Å²) in [6.07, 6.45) is 2.51. The normalized spacial score (nSPS) is 21.8. The zero-order valence-corrected chi connectivity index (χ0v) is 13.2. The smallest absolute Gasteiger partial charge is 0.343 e. The van der Waals surface area contributed by atoms with Crippen LogP contribution in [0.1, 0.15) is 29.8 Å². The van der Waals surface area contributed by atoms with Crippen LogP contribution in [0.25, 0.3) is 0 Å². The van der Waals surface area contributed by atoms with Gasteiger partial charge < -0.3 is 19.3 Å². The predicted octanol–water partition coefficient (Wildman–Crippen LogP) is 1.74. The third-order valence-corrected chi connectivity index (χ3v) is 3.95. The van der Waals surface area contributed by atoms with E-state index in [1.54, 1.807) is 6.92 Å². The number of rotatable bonds is 2. The zero-order chi connectivity index (χ0) is 17.6. The van der Waals surface area contributed by atoms with Crippen LogP contribution in [0.15, 0.2) is 35.6 Å². The Kier molecular flexibility index (Phi) is 3.44. The third-order valence-electron chi connectivity index (χ3n) is 3.95. The summed E-state index contributed by atoms with van der Waals surface area (Å²) in [5.74, 6) is -2.14. The minimum atomic E-state index is -1.43. The van der Waals surface area contributed by atoms with Crippen molar-refractivity contribution in [2.24, 2.45) is 0 Å². The summed E-state index contributed by atoms with van der Waals surface area (Å²) in [5, 5.41) is 10.1. The van der Waals surface area contributed by atoms with Gasteiger partial charge >= 0.3 is 11.9 Å². The number of ether oxygens (including phenoxy) is 3. The summed E-state index contributed by atoms with van der Waals surface area (Å²) in [6.45, 7) is 2.77. The Bertz CT molecular complexity index is 847. The molecule has 3 rings (SSSR count). The van der Waals surface area contributed by atoms with E-state index in [2.05, 4.69) is 0 Å². The number of hydrogen-bond donors (Lipinski definition) is 1. The van der Waals surface area contributed by atoms with Crippen LogP contribution in [0.2, 0.25) is 0 Å². The molecule has 124 valence electrons. The first kappa shape index (κ1) is 15.8. The lowest BCUT2D eigenvalue weighted by atomic mass is 9.81. The molecule has 0 radical (unpaired) electrons. The highest BCUT2D eigenvalue weighted by Crippen LogP contribution is 2.49. The van der Waals surface area contributed by atoms with E-state index < -0.39 is 23.3 Å². The van der Waals surface area contributed by atoms with Gasteiger partial charge in [-0.3, -0.25) is 9.59 Å². The highest BCUT2D eigenvalue weighted by Gasteiger charge is 2.50. The maximum atomic E-state index is 12.2. The summed E-state index contributed by atoms with van der Waals surface area (Å²) >= 11 is 0. The highest BCUT2D eigenvalue weighted by molar-refractivity contribution is 6.07. The molecule has 7 nitrogen and oxygen atoms in total. The Labute approximate surface area is 137 Å². The Morgan fingerprint density at radius 1 is 1.29 bits per heavy atom. The fraction of sp³-hybridized carbons (Fsp3) is 0.235. The van der Waals surface area contributed by atoms with E-state index in [-0.39, 0.29) is 17.1 Å². The lowest BCUT2D eigenvalue weighted by Crippen LogP contribution is -2.31. The molecule has 1 N–H and O–H groups in total. The number of benzene rings is 1. The number of fused-ring (bicyclic) bond motifs is 2. The SMILES string of the molecule is COc1cc(O)c2c(c1)C1(C=C(OC(C)=O)C(=O)C=C1C)OC2=O. The van der Waals surface area contributed by atoms with E-state index >= 15 is 0 Å². The fourth-order valence-corrected chi connectivity index (χ4v) is 2.86. The van der Waals surface area contributed by atoms with Gasteiger partial charge in [0.05, 0.1) is 7.11 Å². The number of phenols is 1. The molecule has 1 unspecified atom stereocenters. The van der Waals surface area contributed by atoms with Crippen LogP contribution in [-0.2, 0) is 24.7 Å². The molecule has 1 aromatic rings. The van der Waals surface area contributed by atoms with Gasteiger partial charge in [0.2, 0.25) is 5.78 Å². The van der Waals surface area contributed by atoms with Gasteiger partial charge in [-0.2, -0.15) is 0 Å². The Hall–Kier alpha value is -3.09. The number of methoxy groups -OCH3 is 1. The molecule has 0 saturated carbocycles. The Balaban J connectivity index is 2.25. The molecular formula is C17H14O7. The topological polar surface area (TPSA) is 99.1 Å². The van der Waals surface area contributed by atoms with Crippen LogP contribution >= 0.6 is 0 Å². The number of aromatic hydroxyl groups is 1. The van der Waals surface area contributed by atoms with Gasteiger partial charge in [-0.15, -0.1) is 0 Å². The number of ketones is 1. The van der Waals surface area contributed by atoms with Gasteiger partial charge in [-0.25, -0.2) is 4.79 Å². The second-order valence-corrected chi connectivity index (χ2v) is 5.49. The molecule has 1 heterocycles. The van der Waals surface area contributed by atoms with E-state index in [0.29, 0.717) is 16.9 Å². The van der Waals surface area contributed by atoms with Crippen molar-refractivity contribution >= 4 is 17.7 Å². The maximum absolute atomic E-state index is 12.2. The van der Waals surface area contributed by atoms with E-state index in [1.807, 2.05) is 0 Å². The van der Waals surface area contributed by atoms with Crippen molar-refractivity contribution in [3.05, 3.63) is 46.7 Å². The van der Waals surface area contributed by atoms with Crippen molar-refractivity contribution in [3.63, 3.8) is 0 Å². The van der Waals surface area contributed by atoms with Crippen molar-refractivity contribution < 1.29 is 33.7 Å². The molecule has 1 aliphatic heterocycles. The molecule has 0 amide bonds. The van der Waals surface area contributed by atoms with E-state index in [0.717, 1.165) is 6.92 Å². The number of carbonyl (C=O) groups is 3. The monoisotopic (exact) mass is 330 g/mol. The second-order valence-electron chi connectivity index (χ2n) is 5.49. The molecule has 1 atom stereocenters. The molecule has 1 aliphatic carbocycles. The average molecular weight is 330 g/mol. The first-order valence-electron chi connectivity index (χ1n) is 7.07. The summed E-state index contributed by atoms with van der Waals surface area (Å²) in [4.78, 5) is 35.5. The molecule has 2 aliphatic rings. The zero-order valence-electron chi connectivity index (χ0n) is 13.2. The number of carbonyl (C=O) groups excluding carboxylic acids is 3. The van der Waals surface area contributed by atoms with Gasteiger partial charge in [0.1, 0.15) is 17.1 Å². The summed E-state index contributed by atoms with van der Waals surface area (Å²) < 4.78 is 15.5. The lowest BCUT2D eigenvalue weighted by molar-refractivity contribution is -0.139. The Morgan fingerprint density at radius 2 is 2.00 bits per heavy atom. The van der Waals surface area contributed by atoms with E-state index in [4.69, 9.17) is 14.2 Å². The molecule has 0 bridgehead atoms. The number of esters is 2. The number of allylic oxidation sites excluding steroid dienone is 1. The largest absolute Gasteiger partial charge is 0.507 e. The van der Waals surface area contributed by atoms with Crippen molar-refractivity contribution in [2.45, 2.75) is 19.4 Å². The summed E-state index contributed by atoms with van der Waals surface area (Å²) in [5.41, 5.74) is -0.716. The number of phenolic OH excluding ortho intramolecular Hbond substituents is 1. The molecular weight excluding hydrogens is 316 g/mol. The van der Waals surface area contributed by atoms with Gasteiger partial charge in [0.25, 0.3) is 0 Å². The Morgan fingerprint density at radius 3 is 2.62 bits per heavy atom. The van der Waals surface area contributed by atoms with Crippen molar-refractivity contribution in [2.75, 3.05) is 7.11 Å². The van der Waals surface area contributed by atoms with Crippen molar-refractivity contribution in [1.82, 2.24) is 0 Å². The molecule has 1 spiro atoms. The van der Waals surface area contributed by atoms with E-state index in [1.165, 1.54) is 31.4 Å². The highest BCUT2D eigenvalue weighted by atomic mass is 16.6. The summed E-state index contributed by atoms with van der Waals surface area (Å²) in [6, 6.07) is 2.83. The fourth-order valence-electron chi connectivity index (χ4n) is 2.86. The van der Waals surface area contributed by atoms with Gasteiger partial charge in [0.15, 0.2) is 11.4 Å². The first-order chi connectivity index (χ1) is 11.3. The minimum absolute atomic E-state index is 0.0173. The standard InChI is InChI=1S/C17H14O7/c1-8-4-12(19)14(23-9(2)18)7-17(8)11-5-10(22-3)6-13(20)15(11)16(21)24-17/h4-7,20H,1-3H3. The predicted molar refractivity (Wildman–Crippen MR) is 80.4 cm³/mol. The molecule has 24 heavy (non-hydrogen) atoms. The molecule has 0 fully saturated rings. The first-order valence-corrected chi connectivity index (χ1v) is 7.07. The minimum Gasteiger partial charge on any atom is -0.507 e. The van der Waals surface area contributed by atoms with E-state index in [9.17, 15) is 19.5 Å².